The average molecular weight is 887 g/mol. The van der Waals surface area contributed by atoms with Crippen molar-refractivity contribution >= 4 is 55.7 Å². The van der Waals surface area contributed by atoms with Gasteiger partial charge in [0.05, 0.1) is 22.7 Å². The summed E-state index contributed by atoms with van der Waals surface area (Å²) in [5, 5.41) is 4.83. The van der Waals surface area contributed by atoms with E-state index in [0.29, 0.717) is 0 Å². The fraction of sp³-hybridized carbons (Fsp3) is 0.0462. The maximum Gasteiger partial charge on any atom is 0.151 e. The summed E-state index contributed by atoms with van der Waals surface area (Å²) in [6.07, 6.45) is 0. The second kappa shape index (κ2) is 16.2. The van der Waals surface area contributed by atoms with Gasteiger partial charge in [0.2, 0.25) is 0 Å². The van der Waals surface area contributed by atoms with Crippen LogP contribution in [0, 0.1) is 20.8 Å². The molecule has 0 saturated heterocycles. The molecule has 2 heterocycles. The van der Waals surface area contributed by atoms with E-state index in [1.807, 2.05) is 48.5 Å². The first-order valence-electron chi connectivity index (χ1n) is 23.7. The number of ether oxygens (including phenoxy) is 2. The van der Waals surface area contributed by atoms with Gasteiger partial charge in [-0.2, -0.15) is 0 Å². The van der Waals surface area contributed by atoms with Crippen molar-refractivity contribution in [3.05, 3.63) is 241 Å². The van der Waals surface area contributed by atoms with Crippen LogP contribution in [0.5, 0.6) is 23.0 Å². The van der Waals surface area contributed by atoms with E-state index in [4.69, 9.17) is 9.47 Å². The van der Waals surface area contributed by atoms with E-state index < -0.39 is 0 Å². The number of hydrogen-bond acceptors (Lipinski definition) is 4. The molecule has 0 bridgehead atoms. The molecule has 2 aliphatic rings. The lowest BCUT2D eigenvalue weighted by Crippen LogP contribution is -2.15. The molecule has 4 nitrogen and oxygen atoms in total. The Morgan fingerprint density at radius 1 is 0.290 bits per heavy atom. The van der Waals surface area contributed by atoms with Gasteiger partial charge in [0, 0.05) is 11.4 Å². The van der Waals surface area contributed by atoms with Crippen LogP contribution in [0.4, 0.5) is 34.1 Å². The lowest BCUT2D eigenvalue weighted by Gasteiger charge is -2.33. The van der Waals surface area contributed by atoms with Crippen LogP contribution < -0.4 is 19.3 Å². The van der Waals surface area contributed by atoms with Crippen LogP contribution in [-0.4, -0.2) is 0 Å². The number of para-hydroxylation sites is 8. The number of nitrogens with zero attached hydrogens (tertiary/aromatic N) is 2. The number of aryl methyl sites for hydroxylation is 3. The normalized spacial score (nSPS) is 12.4. The Labute approximate surface area is 402 Å². The van der Waals surface area contributed by atoms with Gasteiger partial charge in [0.25, 0.3) is 0 Å². The number of anilines is 6. The third-order valence-corrected chi connectivity index (χ3v) is 13.9. The fourth-order valence-electron chi connectivity index (χ4n) is 10.6. The third-order valence-electron chi connectivity index (χ3n) is 13.9. The van der Waals surface area contributed by atoms with Crippen molar-refractivity contribution in [1.82, 2.24) is 0 Å². The molecule has 4 heteroatoms. The zero-order chi connectivity index (χ0) is 46.2. The molecule has 0 fully saturated rings. The molecule has 0 saturated carbocycles. The zero-order valence-corrected chi connectivity index (χ0v) is 38.6. The Hall–Kier alpha value is -8.86. The van der Waals surface area contributed by atoms with E-state index >= 15 is 0 Å². The van der Waals surface area contributed by atoms with Gasteiger partial charge in [-0.3, -0.25) is 0 Å². The number of rotatable bonds is 6. The molecule has 0 aliphatic carbocycles. The Morgan fingerprint density at radius 2 is 0.652 bits per heavy atom. The quantitative estimate of drug-likeness (QED) is 0.155. The minimum absolute atomic E-state index is 0.839. The molecular formula is C65H46N2O2. The summed E-state index contributed by atoms with van der Waals surface area (Å²) < 4.78 is 12.8. The molecular weight excluding hydrogens is 841 g/mol. The van der Waals surface area contributed by atoms with Gasteiger partial charge in [0.1, 0.15) is 0 Å². The fourth-order valence-corrected chi connectivity index (χ4v) is 10.6. The molecule has 69 heavy (non-hydrogen) atoms. The van der Waals surface area contributed by atoms with E-state index in [0.717, 1.165) is 57.1 Å². The molecule has 0 spiro atoms. The number of benzene rings is 11. The number of hydrogen-bond donors (Lipinski definition) is 0. The Bertz CT molecular complexity index is 3750. The van der Waals surface area contributed by atoms with Crippen LogP contribution in [0.15, 0.2) is 224 Å². The van der Waals surface area contributed by atoms with Gasteiger partial charge >= 0.3 is 0 Å². The highest BCUT2D eigenvalue weighted by molar-refractivity contribution is 6.23. The highest BCUT2D eigenvalue weighted by Gasteiger charge is 2.29. The molecule has 11 aromatic rings. The first-order valence-corrected chi connectivity index (χ1v) is 23.7. The standard InChI is InChI=1S/C65H46N2O2/c1-41-25-27-45(28-26-41)47-30-34-53-55(40-47)65(51-36-32-49(38-43(51)3)67-58-19-9-13-23-62(58)69-63-24-14-10-20-59(63)67)52-33-29-46(44-15-5-4-6-16-44)39-54(52)64(53)50-35-31-48(37-42(50)2)66-56-17-7-11-21-60(56)68-61-22-12-8-18-57(61)66/h4-40H,1-3H3. The summed E-state index contributed by atoms with van der Waals surface area (Å²) in [6, 6.07) is 80.9. The van der Waals surface area contributed by atoms with E-state index in [-0.39, 0.29) is 0 Å². The minimum atomic E-state index is 0.839. The van der Waals surface area contributed by atoms with Gasteiger partial charge in [-0.15, -0.1) is 0 Å². The van der Waals surface area contributed by atoms with E-state index in [1.165, 1.54) is 82.7 Å². The molecule has 2 aliphatic heterocycles. The van der Waals surface area contributed by atoms with Crippen LogP contribution in [0.25, 0.3) is 66.1 Å². The van der Waals surface area contributed by atoms with Crippen LogP contribution >= 0.6 is 0 Å². The van der Waals surface area contributed by atoms with Gasteiger partial charge in [-0.05, 0) is 183 Å². The summed E-state index contributed by atoms with van der Waals surface area (Å²) in [6.45, 7) is 6.67. The van der Waals surface area contributed by atoms with E-state index in [9.17, 15) is 0 Å². The maximum absolute atomic E-state index is 6.42. The highest BCUT2D eigenvalue weighted by Crippen LogP contribution is 2.54. The maximum atomic E-state index is 6.42. The summed E-state index contributed by atoms with van der Waals surface area (Å²) in [7, 11) is 0. The second-order valence-electron chi connectivity index (χ2n) is 18.2. The third kappa shape index (κ3) is 6.75. The van der Waals surface area contributed by atoms with Crippen molar-refractivity contribution in [3.8, 4) is 67.5 Å². The predicted octanol–water partition coefficient (Wildman–Crippen LogP) is 18.7. The Kier molecular flexibility index (Phi) is 9.48. The molecule has 0 radical (unpaired) electrons. The zero-order valence-electron chi connectivity index (χ0n) is 38.6. The first kappa shape index (κ1) is 40.4. The van der Waals surface area contributed by atoms with Crippen LogP contribution in [-0.2, 0) is 0 Å². The predicted molar refractivity (Wildman–Crippen MR) is 287 cm³/mol. The SMILES string of the molecule is Cc1ccc(-c2ccc3c(-c4ccc(N5c6ccccc6Oc6ccccc65)cc4C)c4cc(-c5ccccc5)ccc4c(-c4ccc(N5c6ccccc6Oc6ccccc65)cc4C)c3c2)cc1. The van der Waals surface area contributed by atoms with Gasteiger partial charge in [-0.1, -0.05) is 145 Å². The summed E-state index contributed by atoms with van der Waals surface area (Å²) in [4.78, 5) is 4.65. The lowest BCUT2D eigenvalue weighted by atomic mass is 9.82. The molecule has 11 aromatic carbocycles. The first-order chi connectivity index (χ1) is 33.9. The second-order valence-corrected chi connectivity index (χ2v) is 18.2. The van der Waals surface area contributed by atoms with Crippen LogP contribution in [0.2, 0.25) is 0 Å². The van der Waals surface area contributed by atoms with E-state index in [1.54, 1.807) is 0 Å². The van der Waals surface area contributed by atoms with Crippen LogP contribution in [0.3, 0.4) is 0 Å². The molecule has 13 rings (SSSR count). The largest absolute Gasteiger partial charge is 0.453 e. The topological polar surface area (TPSA) is 24.9 Å². The van der Waals surface area contributed by atoms with Crippen molar-refractivity contribution in [1.29, 1.82) is 0 Å². The molecule has 0 atom stereocenters. The van der Waals surface area contributed by atoms with Gasteiger partial charge in [0.15, 0.2) is 23.0 Å². The van der Waals surface area contributed by atoms with Gasteiger partial charge in [-0.25, -0.2) is 0 Å². The molecule has 0 unspecified atom stereocenters. The molecule has 328 valence electrons. The monoisotopic (exact) mass is 886 g/mol. The molecule has 0 aromatic heterocycles. The smallest absolute Gasteiger partial charge is 0.151 e. The molecule has 0 amide bonds. The van der Waals surface area contributed by atoms with Crippen molar-refractivity contribution < 1.29 is 9.47 Å². The summed E-state index contributed by atoms with van der Waals surface area (Å²) in [5.41, 5.74) is 19.4. The van der Waals surface area contributed by atoms with E-state index in [2.05, 4.69) is 206 Å². The van der Waals surface area contributed by atoms with Crippen molar-refractivity contribution in [3.63, 3.8) is 0 Å². The Morgan fingerprint density at radius 3 is 1.06 bits per heavy atom. The van der Waals surface area contributed by atoms with Crippen molar-refractivity contribution in [2.75, 3.05) is 9.80 Å². The number of fused-ring (bicyclic) bond motifs is 6. The summed E-state index contributed by atoms with van der Waals surface area (Å²) in [5.74, 6) is 3.36. The average Bonchev–Trinajstić information content (AvgIpc) is 3.39. The molecule has 0 N–H and O–H groups in total. The Balaban J connectivity index is 1.06. The lowest BCUT2D eigenvalue weighted by molar-refractivity contribution is 0.476. The summed E-state index contributed by atoms with van der Waals surface area (Å²) >= 11 is 0. The minimum Gasteiger partial charge on any atom is -0.453 e. The van der Waals surface area contributed by atoms with Crippen molar-refractivity contribution in [2.45, 2.75) is 20.8 Å². The highest BCUT2D eigenvalue weighted by atomic mass is 16.5. The van der Waals surface area contributed by atoms with Crippen molar-refractivity contribution in [2.24, 2.45) is 0 Å². The van der Waals surface area contributed by atoms with Crippen LogP contribution in [0.1, 0.15) is 16.7 Å². The van der Waals surface area contributed by atoms with Gasteiger partial charge < -0.3 is 19.3 Å².